The molecule has 1 nitrogen and oxygen atoms in total. The third kappa shape index (κ3) is 3.81. The summed E-state index contributed by atoms with van der Waals surface area (Å²) in [6.45, 7) is 2.22. The van der Waals surface area contributed by atoms with Crippen molar-refractivity contribution < 1.29 is 4.79 Å². The van der Waals surface area contributed by atoms with Gasteiger partial charge in [-0.1, -0.05) is 43.3 Å². The Bertz CT molecular complexity index is 473. The maximum atomic E-state index is 11.9. The lowest BCUT2D eigenvalue weighted by Crippen LogP contribution is -2.04. The van der Waals surface area contributed by atoms with Crippen molar-refractivity contribution >= 4 is 17.1 Å². The van der Waals surface area contributed by atoms with Gasteiger partial charge in [-0.3, -0.25) is 4.79 Å². The van der Waals surface area contributed by atoms with Gasteiger partial charge in [-0.2, -0.15) is 0 Å². The standard InChI is InChI=1S/C16H18OS/c1-13(12-14-6-3-2-4-7-14)9-10-15(17)16-8-5-11-18-16/h2-8,11,13H,9-10,12H2,1H3. The number of hydrogen-bond donors (Lipinski definition) is 0. The van der Waals surface area contributed by atoms with Crippen molar-refractivity contribution in [3.8, 4) is 0 Å². The molecule has 2 heteroatoms. The predicted octanol–water partition coefficient (Wildman–Crippen LogP) is 4.59. The molecule has 94 valence electrons. The van der Waals surface area contributed by atoms with Gasteiger partial charge in [0.1, 0.15) is 0 Å². The van der Waals surface area contributed by atoms with Gasteiger partial charge in [0.25, 0.3) is 0 Å². The molecule has 0 saturated heterocycles. The smallest absolute Gasteiger partial charge is 0.172 e. The minimum atomic E-state index is 0.282. The third-order valence-corrected chi connectivity index (χ3v) is 4.00. The highest BCUT2D eigenvalue weighted by Gasteiger charge is 2.10. The fraction of sp³-hybridized carbons (Fsp3) is 0.312. The second kappa shape index (κ2) is 6.50. The topological polar surface area (TPSA) is 17.1 Å². The first-order valence-corrected chi connectivity index (χ1v) is 7.24. The van der Waals surface area contributed by atoms with Crippen molar-refractivity contribution in [2.75, 3.05) is 0 Å². The Balaban J connectivity index is 1.78. The monoisotopic (exact) mass is 258 g/mol. The molecule has 0 fully saturated rings. The summed E-state index contributed by atoms with van der Waals surface area (Å²) >= 11 is 1.54. The second-order valence-corrected chi connectivity index (χ2v) is 5.68. The predicted molar refractivity (Wildman–Crippen MR) is 77.2 cm³/mol. The summed E-state index contributed by atoms with van der Waals surface area (Å²) in [7, 11) is 0. The molecule has 1 aromatic heterocycles. The number of carbonyl (C=O) groups excluding carboxylic acids is 1. The third-order valence-electron chi connectivity index (χ3n) is 3.09. The van der Waals surface area contributed by atoms with Crippen LogP contribution in [0.5, 0.6) is 0 Å². The zero-order chi connectivity index (χ0) is 12.8. The summed E-state index contributed by atoms with van der Waals surface area (Å²) in [5.74, 6) is 0.834. The van der Waals surface area contributed by atoms with E-state index < -0.39 is 0 Å². The van der Waals surface area contributed by atoms with Crippen LogP contribution in [0.4, 0.5) is 0 Å². The van der Waals surface area contributed by atoms with Crippen molar-refractivity contribution in [3.63, 3.8) is 0 Å². The molecule has 0 radical (unpaired) electrons. The average molecular weight is 258 g/mol. The molecule has 2 rings (SSSR count). The van der Waals surface area contributed by atoms with Crippen LogP contribution >= 0.6 is 11.3 Å². The quantitative estimate of drug-likeness (QED) is 0.693. The molecule has 1 atom stereocenters. The van der Waals surface area contributed by atoms with E-state index in [1.54, 1.807) is 0 Å². The first kappa shape index (κ1) is 13.0. The van der Waals surface area contributed by atoms with E-state index in [1.165, 1.54) is 16.9 Å². The average Bonchev–Trinajstić information content (AvgIpc) is 2.91. The lowest BCUT2D eigenvalue weighted by atomic mass is 9.95. The number of rotatable bonds is 6. The zero-order valence-corrected chi connectivity index (χ0v) is 11.5. The second-order valence-electron chi connectivity index (χ2n) is 4.73. The van der Waals surface area contributed by atoms with E-state index in [4.69, 9.17) is 0 Å². The molecule has 18 heavy (non-hydrogen) atoms. The fourth-order valence-electron chi connectivity index (χ4n) is 2.06. The first-order chi connectivity index (χ1) is 8.75. The number of benzene rings is 1. The van der Waals surface area contributed by atoms with Crippen LogP contribution in [-0.2, 0) is 6.42 Å². The van der Waals surface area contributed by atoms with Crippen LogP contribution < -0.4 is 0 Å². The number of ketones is 1. The molecular formula is C16H18OS. The van der Waals surface area contributed by atoms with Gasteiger partial charge in [0.05, 0.1) is 4.88 Å². The Labute approximate surface area is 112 Å². The highest BCUT2D eigenvalue weighted by atomic mass is 32.1. The maximum Gasteiger partial charge on any atom is 0.172 e. The van der Waals surface area contributed by atoms with Crippen LogP contribution in [0.25, 0.3) is 0 Å². The Morgan fingerprint density at radius 2 is 1.94 bits per heavy atom. The molecule has 0 bridgehead atoms. The van der Waals surface area contributed by atoms with Crippen molar-refractivity contribution in [1.82, 2.24) is 0 Å². The molecule has 1 unspecified atom stereocenters. The normalized spacial score (nSPS) is 12.3. The summed E-state index contributed by atoms with van der Waals surface area (Å²) in [4.78, 5) is 12.8. The molecule has 0 aliphatic rings. The van der Waals surface area contributed by atoms with Crippen LogP contribution in [0.3, 0.4) is 0 Å². The molecule has 1 heterocycles. The van der Waals surface area contributed by atoms with Gasteiger partial charge in [-0.05, 0) is 35.8 Å². The summed E-state index contributed by atoms with van der Waals surface area (Å²) in [6.07, 6.45) is 2.68. The molecule has 0 N–H and O–H groups in total. The van der Waals surface area contributed by atoms with Crippen LogP contribution in [0, 0.1) is 5.92 Å². The number of hydrogen-bond acceptors (Lipinski definition) is 2. The fourth-order valence-corrected chi connectivity index (χ4v) is 2.75. The van der Waals surface area contributed by atoms with Crippen LogP contribution in [0.15, 0.2) is 47.8 Å². The summed E-state index contributed by atoms with van der Waals surface area (Å²) < 4.78 is 0. The van der Waals surface area contributed by atoms with E-state index in [-0.39, 0.29) is 5.78 Å². The van der Waals surface area contributed by atoms with Gasteiger partial charge in [0.2, 0.25) is 0 Å². The minimum Gasteiger partial charge on any atom is -0.293 e. The van der Waals surface area contributed by atoms with Crippen LogP contribution in [0.1, 0.15) is 35.0 Å². The van der Waals surface area contributed by atoms with Crippen LogP contribution in [0.2, 0.25) is 0 Å². The van der Waals surface area contributed by atoms with Crippen LogP contribution in [-0.4, -0.2) is 5.78 Å². The van der Waals surface area contributed by atoms with Gasteiger partial charge >= 0.3 is 0 Å². The highest BCUT2D eigenvalue weighted by molar-refractivity contribution is 7.12. The Kier molecular flexibility index (Phi) is 4.71. The Morgan fingerprint density at radius 1 is 1.17 bits per heavy atom. The molecule has 0 aliphatic carbocycles. The minimum absolute atomic E-state index is 0.282. The van der Waals surface area contributed by atoms with Gasteiger partial charge in [0.15, 0.2) is 5.78 Å². The zero-order valence-electron chi connectivity index (χ0n) is 10.6. The van der Waals surface area contributed by atoms with Crippen molar-refractivity contribution in [1.29, 1.82) is 0 Å². The van der Waals surface area contributed by atoms with E-state index in [2.05, 4.69) is 31.2 Å². The Hall–Kier alpha value is -1.41. The van der Waals surface area contributed by atoms with Gasteiger partial charge in [-0.25, -0.2) is 0 Å². The molecule has 0 spiro atoms. The highest BCUT2D eigenvalue weighted by Crippen LogP contribution is 2.17. The summed E-state index contributed by atoms with van der Waals surface area (Å²) in [6, 6.07) is 14.3. The lowest BCUT2D eigenvalue weighted by molar-refractivity contribution is 0.0978. The maximum absolute atomic E-state index is 11.9. The van der Waals surface area contributed by atoms with Crippen molar-refractivity contribution in [2.24, 2.45) is 5.92 Å². The number of carbonyl (C=O) groups is 1. The molecule has 1 aromatic carbocycles. The molecule has 0 amide bonds. The lowest BCUT2D eigenvalue weighted by Gasteiger charge is -2.10. The number of thiophene rings is 1. The molecule has 0 aliphatic heterocycles. The van der Waals surface area contributed by atoms with Crippen molar-refractivity contribution in [2.45, 2.75) is 26.2 Å². The van der Waals surface area contributed by atoms with E-state index in [9.17, 15) is 4.79 Å². The van der Waals surface area contributed by atoms with E-state index in [1.807, 2.05) is 23.6 Å². The SMILES string of the molecule is CC(CCC(=O)c1cccs1)Cc1ccccc1. The number of Topliss-reactive ketones (excluding diaryl/α,β-unsaturated/α-hetero) is 1. The van der Waals surface area contributed by atoms with E-state index >= 15 is 0 Å². The summed E-state index contributed by atoms with van der Waals surface area (Å²) in [5.41, 5.74) is 1.36. The summed E-state index contributed by atoms with van der Waals surface area (Å²) in [5, 5.41) is 1.96. The van der Waals surface area contributed by atoms with Gasteiger partial charge in [0, 0.05) is 6.42 Å². The van der Waals surface area contributed by atoms with Gasteiger partial charge < -0.3 is 0 Å². The molecule has 0 saturated carbocycles. The molecule has 2 aromatic rings. The first-order valence-electron chi connectivity index (χ1n) is 6.36. The molecular weight excluding hydrogens is 240 g/mol. The van der Waals surface area contributed by atoms with Gasteiger partial charge in [-0.15, -0.1) is 11.3 Å². The van der Waals surface area contributed by atoms with E-state index in [0.717, 1.165) is 17.7 Å². The van der Waals surface area contributed by atoms with Crippen molar-refractivity contribution in [3.05, 3.63) is 58.3 Å². The largest absolute Gasteiger partial charge is 0.293 e. The Morgan fingerprint density at radius 3 is 2.61 bits per heavy atom. The van der Waals surface area contributed by atoms with E-state index in [0.29, 0.717) is 12.3 Å².